The van der Waals surface area contributed by atoms with Gasteiger partial charge in [-0.15, -0.1) is 11.3 Å². The molecule has 4 aromatic rings. The second-order valence-corrected chi connectivity index (χ2v) is 11.1. The normalized spacial score (nSPS) is 11.7. The Morgan fingerprint density at radius 1 is 0.947 bits per heavy atom. The van der Waals surface area contributed by atoms with E-state index in [9.17, 15) is 14.7 Å². The molecule has 1 unspecified atom stereocenters. The van der Waals surface area contributed by atoms with Crippen LogP contribution in [-0.2, 0) is 22.7 Å². The van der Waals surface area contributed by atoms with Gasteiger partial charge in [0.1, 0.15) is 6.04 Å². The molecule has 4 rings (SSSR count). The Hall–Kier alpha value is -3.39. The maximum absolute atomic E-state index is 13.2. The number of aliphatic carboxylic acids is 1. The maximum atomic E-state index is 13.2. The summed E-state index contributed by atoms with van der Waals surface area (Å²) in [6.45, 7) is 2.89. The first-order chi connectivity index (χ1) is 18.5. The molecule has 0 spiro atoms. The van der Waals surface area contributed by atoms with E-state index in [1.165, 1.54) is 10.4 Å². The minimum absolute atomic E-state index is 0.364. The van der Waals surface area contributed by atoms with Crippen molar-refractivity contribution in [1.82, 2.24) is 5.32 Å². The van der Waals surface area contributed by atoms with E-state index < -0.39 is 17.9 Å². The molecule has 0 fully saturated rings. The van der Waals surface area contributed by atoms with Crippen molar-refractivity contribution in [2.45, 2.75) is 32.6 Å². The van der Waals surface area contributed by atoms with Crippen molar-refractivity contribution in [3.8, 4) is 21.6 Å². The lowest BCUT2D eigenvalue weighted by molar-refractivity contribution is -0.139. The van der Waals surface area contributed by atoms with Crippen molar-refractivity contribution in [3.05, 3.63) is 106 Å². The van der Waals surface area contributed by atoms with Gasteiger partial charge in [-0.25, -0.2) is 4.79 Å². The second-order valence-electron chi connectivity index (χ2n) is 8.97. The number of carboxylic acids is 1. The third kappa shape index (κ3) is 7.13. The summed E-state index contributed by atoms with van der Waals surface area (Å²) < 4.78 is 6.05. The van der Waals surface area contributed by atoms with Crippen LogP contribution in [0.1, 0.15) is 32.8 Å². The van der Waals surface area contributed by atoms with E-state index in [0.29, 0.717) is 31.0 Å². The molecule has 1 amide bonds. The fourth-order valence-corrected chi connectivity index (χ4v) is 5.61. The first-order valence-corrected chi connectivity index (χ1v) is 14.6. The average molecular weight is 546 g/mol. The molecule has 0 aliphatic carbocycles. The largest absolute Gasteiger partial charge is 0.480 e. The van der Waals surface area contributed by atoms with Crippen LogP contribution in [-0.4, -0.2) is 35.0 Å². The van der Waals surface area contributed by atoms with Gasteiger partial charge in [0.25, 0.3) is 5.91 Å². The Morgan fingerprint density at radius 3 is 2.45 bits per heavy atom. The highest BCUT2D eigenvalue weighted by atomic mass is 32.2. The molecule has 1 aromatic heterocycles. The summed E-state index contributed by atoms with van der Waals surface area (Å²) >= 11 is 3.27. The van der Waals surface area contributed by atoms with Gasteiger partial charge in [0.05, 0.1) is 13.2 Å². The molecule has 1 atom stereocenters. The molecular weight excluding hydrogens is 514 g/mol. The number of amides is 1. The minimum atomic E-state index is -1.03. The van der Waals surface area contributed by atoms with Crippen LogP contribution >= 0.6 is 23.1 Å². The summed E-state index contributed by atoms with van der Waals surface area (Å²) in [5.74, 6) is -0.773. The highest BCUT2D eigenvalue weighted by Crippen LogP contribution is 2.30. The zero-order chi connectivity index (χ0) is 26.9. The summed E-state index contributed by atoms with van der Waals surface area (Å²) in [6, 6.07) is 27.0. The van der Waals surface area contributed by atoms with Gasteiger partial charge in [0, 0.05) is 15.3 Å². The van der Waals surface area contributed by atoms with Crippen molar-refractivity contribution in [2.75, 3.05) is 12.0 Å². The molecule has 5 nitrogen and oxygen atoms in total. The second kappa shape index (κ2) is 13.4. The molecule has 0 saturated heterocycles. The van der Waals surface area contributed by atoms with Gasteiger partial charge < -0.3 is 15.2 Å². The molecule has 38 heavy (non-hydrogen) atoms. The SMILES string of the molecule is CSCCC(NC(=O)c1ccc(COCc2ccc(-c3ccccc3)s2)cc1-c1ccccc1C)C(=O)O. The van der Waals surface area contributed by atoms with E-state index in [0.717, 1.165) is 27.1 Å². The van der Waals surface area contributed by atoms with E-state index in [4.69, 9.17) is 4.74 Å². The topological polar surface area (TPSA) is 75.6 Å². The van der Waals surface area contributed by atoms with Gasteiger partial charge >= 0.3 is 5.97 Å². The third-order valence-corrected chi connectivity index (χ3v) is 7.96. The number of benzene rings is 3. The predicted octanol–water partition coefficient (Wildman–Crippen LogP) is 7.04. The zero-order valence-corrected chi connectivity index (χ0v) is 23.1. The number of ether oxygens (including phenoxy) is 1. The highest BCUT2D eigenvalue weighted by Gasteiger charge is 2.22. The number of thiophene rings is 1. The van der Waals surface area contributed by atoms with E-state index in [1.54, 1.807) is 29.2 Å². The molecule has 1 heterocycles. The average Bonchev–Trinajstić information content (AvgIpc) is 3.40. The van der Waals surface area contributed by atoms with Gasteiger partial charge in [-0.3, -0.25) is 4.79 Å². The van der Waals surface area contributed by atoms with E-state index >= 15 is 0 Å². The Balaban J connectivity index is 1.51. The number of aryl methyl sites for hydroxylation is 1. The number of carbonyl (C=O) groups excluding carboxylic acids is 1. The van der Waals surface area contributed by atoms with Crippen molar-refractivity contribution in [3.63, 3.8) is 0 Å². The van der Waals surface area contributed by atoms with Crippen LogP contribution < -0.4 is 5.32 Å². The third-order valence-electron chi connectivity index (χ3n) is 6.21. The monoisotopic (exact) mass is 545 g/mol. The quantitative estimate of drug-likeness (QED) is 0.200. The molecule has 3 aromatic carbocycles. The van der Waals surface area contributed by atoms with Crippen molar-refractivity contribution < 1.29 is 19.4 Å². The number of hydrogen-bond acceptors (Lipinski definition) is 5. The molecule has 0 bridgehead atoms. The smallest absolute Gasteiger partial charge is 0.326 e. The molecule has 196 valence electrons. The van der Waals surface area contributed by atoms with Crippen LogP contribution in [0, 0.1) is 6.92 Å². The van der Waals surface area contributed by atoms with Gasteiger partial charge in [0.15, 0.2) is 0 Å². The number of rotatable bonds is 12. The number of nitrogens with one attached hydrogen (secondary N) is 1. The Morgan fingerprint density at radius 2 is 1.71 bits per heavy atom. The van der Waals surface area contributed by atoms with E-state index in [1.807, 2.05) is 67.8 Å². The van der Waals surface area contributed by atoms with Crippen LogP contribution in [0.4, 0.5) is 0 Å². The van der Waals surface area contributed by atoms with E-state index in [2.05, 4.69) is 29.6 Å². The highest BCUT2D eigenvalue weighted by molar-refractivity contribution is 7.98. The molecule has 7 heteroatoms. The molecule has 0 radical (unpaired) electrons. The summed E-state index contributed by atoms with van der Waals surface area (Å²) in [5, 5.41) is 12.3. The van der Waals surface area contributed by atoms with Crippen LogP contribution in [0.25, 0.3) is 21.6 Å². The summed E-state index contributed by atoms with van der Waals surface area (Å²) in [5.41, 5.74) is 5.31. The standard InChI is InChI=1S/C31H31NO4S2/c1-21-8-6-7-11-25(21)27-18-22(12-14-26(27)30(33)32-28(31(34)35)16-17-37-2)19-36-20-24-13-15-29(38-24)23-9-4-3-5-10-23/h3-15,18,28H,16-17,19-20H2,1-2H3,(H,32,33)(H,34,35). The van der Waals surface area contributed by atoms with Gasteiger partial charge in [-0.2, -0.15) is 11.8 Å². The fourth-order valence-electron chi connectivity index (χ4n) is 4.19. The predicted molar refractivity (Wildman–Crippen MR) is 157 cm³/mol. The van der Waals surface area contributed by atoms with Gasteiger partial charge in [-0.1, -0.05) is 60.7 Å². The Bertz CT molecular complexity index is 1380. The van der Waals surface area contributed by atoms with Crippen LogP contribution in [0.2, 0.25) is 0 Å². The molecule has 0 aliphatic heterocycles. The van der Waals surface area contributed by atoms with Crippen LogP contribution in [0.15, 0.2) is 84.9 Å². The van der Waals surface area contributed by atoms with Crippen molar-refractivity contribution in [2.24, 2.45) is 0 Å². The zero-order valence-electron chi connectivity index (χ0n) is 21.5. The molecule has 2 N–H and O–H groups in total. The number of thioether (sulfide) groups is 1. The number of carbonyl (C=O) groups is 2. The fraction of sp³-hybridized carbons (Fsp3) is 0.226. The lowest BCUT2D eigenvalue weighted by Crippen LogP contribution is -2.41. The lowest BCUT2D eigenvalue weighted by Gasteiger charge is -2.17. The van der Waals surface area contributed by atoms with Gasteiger partial charge in [-0.05, 0) is 77.4 Å². The molecule has 0 aliphatic rings. The molecule has 0 saturated carbocycles. The van der Waals surface area contributed by atoms with Crippen LogP contribution in [0.5, 0.6) is 0 Å². The summed E-state index contributed by atoms with van der Waals surface area (Å²) in [6.07, 6.45) is 2.28. The van der Waals surface area contributed by atoms with Crippen molar-refractivity contribution in [1.29, 1.82) is 0 Å². The lowest BCUT2D eigenvalue weighted by atomic mass is 9.93. The van der Waals surface area contributed by atoms with E-state index in [-0.39, 0.29) is 0 Å². The van der Waals surface area contributed by atoms with Gasteiger partial charge in [0.2, 0.25) is 0 Å². The Kier molecular flexibility index (Phi) is 9.76. The number of hydrogen-bond donors (Lipinski definition) is 2. The summed E-state index contributed by atoms with van der Waals surface area (Å²) in [7, 11) is 0. The summed E-state index contributed by atoms with van der Waals surface area (Å²) in [4.78, 5) is 27.3. The molecular formula is C31H31NO4S2. The van der Waals surface area contributed by atoms with Crippen molar-refractivity contribution >= 4 is 35.0 Å². The maximum Gasteiger partial charge on any atom is 0.326 e. The first-order valence-electron chi connectivity index (χ1n) is 12.4. The Labute approximate surface area is 231 Å². The number of carboxylic acid groups (broad SMARTS) is 1. The van der Waals surface area contributed by atoms with Crippen LogP contribution in [0.3, 0.4) is 0 Å². The minimum Gasteiger partial charge on any atom is -0.480 e. The first kappa shape index (κ1) is 27.6.